The van der Waals surface area contributed by atoms with Gasteiger partial charge in [-0.2, -0.15) is 0 Å². The van der Waals surface area contributed by atoms with Gasteiger partial charge in [0.05, 0.1) is 38.4 Å². The second kappa shape index (κ2) is 9.02. The average molecular weight is 496 g/mol. The van der Waals surface area contributed by atoms with Gasteiger partial charge < -0.3 is 0 Å². The number of anilines is 1. The highest BCUT2D eigenvalue weighted by atomic mass is 32.1. The summed E-state index contributed by atoms with van der Waals surface area (Å²) in [7, 11) is 0. The first-order valence-electron chi connectivity index (χ1n) is 11.0. The van der Waals surface area contributed by atoms with E-state index in [9.17, 15) is 9.18 Å². The molecule has 6 aromatic rings. The fraction of sp³-hybridized carbons (Fsp3) is 0.0357. The molecule has 1 amide bonds. The maximum atomic E-state index is 14.2. The molecule has 0 aliphatic heterocycles. The standard InChI is InChI=1S/C28H18FN3OS2/c29-19-12-13-23-26(15-19)35-28(31-23)32(17-18-7-2-1-3-8-18)27(33)21-16-24(25-11-6-14-34-25)30-22-10-5-4-9-20(21)22/h1-16H,17H2. The molecule has 0 aliphatic rings. The molecule has 3 aromatic carbocycles. The number of nitrogens with zero attached hydrogens (tertiary/aromatic N) is 3. The van der Waals surface area contributed by atoms with E-state index >= 15 is 0 Å². The van der Waals surface area contributed by atoms with Crippen molar-refractivity contribution >= 4 is 54.8 Å². The van der Waals surface area contributed by atoms with E-state index in [4.69, 9.17) is 9.97 Å². The van der Waals surface area contributed by atoms with Crippen LogP contribution < -0.4 is 4.90 Å². The SMILES string of the molecule is O=C(c1cc(-c2cccs2)nc2ccccc12)N(Cc1ccccc1)c1nc2ccc(F)cc2s1. The van der Waals surface area contributed by atoms with Crippen molar-refractivity contribution in [2.45, 2.75) is 6.54 Å². The van der Waals surface area contributed by atoms with Crippen molar-refractivity contribution < 1.29 is 9.18 Å². The number of aromatic nitrogens is 2. The van der Waals surface area contributed by atoms with Gasteiger partial charge in [-0.05, 0) is 47.3 Å². The van der Waals surface area contributed by atoms with Crippen LogP contribution >= 0.6 is 22.7 Å². The van der Waals surface area contributed by atoms with E-state index in [1.165, 1.54) is 23.5 Å². The van der Waals surface area contributed by atoms with Crippen molar-refractivity contribution in [2.24, 2.45) is 0 Å². The van der Waals surface area contributed by atoms with Crippen molar-refractivity contribution in [1.82, 2.24) is 9.97 Å². The zero-order chi connectivity index (χ0) is 23.8. The number of amides is 1. The van der Waals surface area contributed by atoms with Crippen LogP contribution in [-0.2, 0) is 6.54 Å². The number of carbonyl (C=O) groups excluding carboxylic acids is 1. The Morgan fingerprint density at radius 2 is 1.69 bits per heavy atom. The second-order valence-electron chi connectivity index (χ2n) is 8.03. The number of thiophene rings is 1. The summed E-state index contributed by atoms with van der Waals surface area (Å²) >= 11 is 2.89. The minimum atomic E-state index is -0.325. The summed E-state index contributed by atoms with van der Waals surface area (Å²) in [6.45, 7) is 0.340. The molecule has 6 rings (SSSR count). The summed E-state index contributed by atoms with van der Waals surface area (Å²) in [6, 6.07) is 27.8. The number of benzene rings is 3. The lowest BCUT2D eigenvalue weighted by Crippen LogP contribution is -2.30. The number of fused-ring (bicyclic) bond motifs is 2. The van der Waals surface area contributed by atoms with Gasteiger partial charge >= 0.3 is 0 Å². The molecule has 3 aromatic heterocycles. The Balaban J connectivity index is 1.52. The number of thiazole rings is 1. The molecule has 0 unspecified atom stereocenters. The Morgan fingerprint density at radius 1 is 0.857 bits per heavy atom. The van der Waals surface area contributed by atoms with E-state index in [0.717, 1.165) is 27.0 Å². The highest BCUT2D eigenvalue weighted by Gasteiger charge is 2.25. The van der Waals surface area contributed by atoms with Crippen LogP contribution in [-0.4, -0.2) is 15.9 Å². The van der Waals surface area contributed by atoms with E-state index in [1.54, 1.807) is 22.3 Å². The molecule has 7 heteroatoms. The molecule has 35 heavy (non-hydrogen) atoms. The first-order valence-corrected chi connectivity index (χ1v) is 12.7. The average Bonchev–Trinajstić information content (AvgIpc) is 3.57. The van der Waals surface area contributed by atoms with Crippen molar-refractivity contribution in [2.75, 3.05) is 4.90 Å². The number of halogens is 1. The lowest BCUT2D eigenvalue weighted by molar-refractivity contribution is 0.0986. The van der Waals surface area contributed by atoms with Gasteiger partial charge in [-0.15, -0.1) is 11.3 Å². The minimum Gasteiger partial charge on any atom is -0.279 e. The zero-order valence-electron chi connectivity index (χ0n) is 18.4. The predicted molar refractivity (Wildman–Crippen MR) is 142 cm³/mol. The summed E-state index contributed by atoms with van der Waals surface area (Å²) < 4.78 is 14.6. The Labute approximate surface area is 209 Å². The predicted octanol–water partition coefficient (Wildman–Crippen LogP) is 7.56. The van der Waals surface area contributed by atoms with E-state index in [-0.39, 0.29) is 11.7 Å². The molecule has 3 heterocycles. The summed E-state index contributed by atoms with van der Waals surface area (Å²) in [5.74, 6) is -0.501. The van der Waals surface area contributed by atoms with Crippen molar-refractivity contribution in [3.63, 3.8) is 0 Å². The summed E-state index contributed by atoms with van der Waals surface area (Å²) in [6.07, 6.45) is 0. The summed E-state index contributed by atoms with van der Waals surface area (Å²) in [5, 5.41) is 3.30. The lowest BCUT2D eigenvalue weighted by atomic mass is 10.1. The van der Waals surface area contributed by atoms with Gasteiger partial charge in [0, 0.05) is 5.39 Å². The third-order valence-corrected chi connectivity index (χ3v) is 7.65. The third kappa shape index (κ3) is 4.20. The van der Waals surface area contributed by atoms with Crippen LogP contribution in [0.15, 0.2) is 96.4 Å². The van der Waals surface area contributed by atoms with Gasteiger partial charge in [0.1, 0.15) is 5.82 Å². The summed E-state index contributed by atoms with van der Waals surface area (Å²) in [5.41, 5.74) is 3.71. The third-order valence-electron chi connectivity index (χ3n) is 5.72. The maximum absolute atomic E-state index is 14.2. The normalized spacial score (nSPS) is 11.2. The first kappa shape index (κ1) is 21.6. The molecular weight excluding hydrogens is 477 g/mol. The fourth-order valence-corrected chi connectivity index (χ4v) is 5.72. The smallest absolute Gasteiger partial charge is 0.261 e. The Kier molecular flexibility index (Phi) is 5.56. The zero-order valence-corrected chi connectivity index (χ0v) is 20.0. The van der Waals surface area contributed by atoms with Crippen molar-refractivity contribution in [3.8, 4) is 10.6 Å². The molecule has 0 atom stereocenters. The molecule has 170 valence electrons. The number of para-hydroxylation sites is 1. The molecule has 0 spiro atoms. The lowest BCUT2D eigenvalue weighted by Gasteiger charge is -2.21. The van der Waals surface area contributed by atoms with Gasteiger partial charge in [-0.25, -0.2) is 14.4 Å². The van der Waals surface area contributed by atoms with Crippen LogP contribution in [0.25, 0.3) is 31.7 Å². The fourth-order valence-electron chi connectivity index (χ4n) is 4.04. The van der Waals surface area contributed by atoms with Gasteiger partial charge in [-0.1, -0.05) is 65.9 Å². The van der Waals surface area contributed by atoms with E-state index < -0.39 is 0 Å². The molecule has 0 aliphatic carbocycles. The van der Waals surface area contributed by atoms with Gasteiger partial charge in [0.2, 0.25) is 0 Å². The Hall–Kier alpha value is -3.94. The molecule has 0 N–H and O–H groups in total. The molecule has 0 saturated heterocycles. The van der Waals surface area contributed by atoms with E-state index in [0.29, 0.717) is 27.5 Å². The topological polar surface area (TPSA) is 46.1 Å². The molecule has 4 nitrogen and oxygen atoms in total. The molecule has 0 saturated carbocycles. The number of hydrogen-bond donors (Lipinski definition) is 0. The van der Waals surface area contributed by atoms with Gasteiger partial charge in [0.15, 0.2) is 5.13 Å². The van der Waals surface area contributed by atoms with Crippen LogP contribution in [0.1, 0.15) is 15.9 Å². The largest absolute Gasteiger partial charge is 0.279 e. The molecule has 0 radical (unpaired) electrons. The van der Waals surface area contributed by atoms with Crippen molar-refractivity contribution in [3.05, 3.63) is 113 Å². The highest BCUT2D eigenvalue weighted by Crippen LogP contribution is 2.34. The number of carbonyl (C=O) groups is 1. The van der Waals surface area contributed by atoms with Crippen LogP contribution in [0.5, 0.6) is 0 Å². The van der Waals surface area contributed by atoms with E-state index in [2.05, 4.69) is 0 Å². The quantitative estimate of drug-likeness (QED) is 0.248. The first-order chi connectivity index (χ1) is 17.2. The van der Waals surface area contributed by atoms with Crippen LogP contribution in [0.4, 0.5) is 9.52 Å². The van der Waals surface area contributed by atoms with Crippen LogP contribution in [0, 0.1) is 5.82 Å². The van der Waals surface area contributed by atoms with Crippen LogP contribution in [0.2, 0.25) is 0 Å². The maximum Gasteiger partial charge on any atom is 0.261 e. The number of rotatable bonds is 5. The van der Waals surface area contributed by atoms with Gasteiger partial charge in [0.25, 0.3) is 5.91 Å². The van der Waals surface area contributed by atoms with Crippen LogP contribution in [0.3, 0.4) is 0 Å². The van der Waals surface area contributed by atoms with Crippen molar-refractivity contribution in [1.29, 1.82) is 0 Å². The minimum absolute atomic E-state index is 0.176. The molecule has 0 fully saturated rings. The molecule has 0 bridgehead atoms. The van der Waals surface area contributed by atoms with Gasteiger partial charge in [-0.3, -0.25) is 9.69 Å². The Bertz CT molecular complexity index is 1660. The number of hydrogen-bond acceptors (Lipinski definition) is 5. The second-order valence-corrected chi connectivity index (χ2v) is 9.99. The Morgan fingerprint density at radius 3 is 2.51 bits per heavy atom. The highest BCUT2D eigenvalue weighted by molar-refractivity contribution is 7.22. The molecular formula is C28H18FN3OS2. The monoisotopic (exact) mass is 495 g/mol. The van der Waals surface area contributed by atoms with E-state index in [1.807, 2.05) is 78.2 Å². The number of pyridine rings is 1. The summed E-state index contributed by atoms with van der Waals surface area (Å²) in [4.78, 5) is 26.4.